The minimum Gasteiger partial charge on any atom is -0.444 e. The largest absolute Gasteiger partial charge is 0.573 e. The summed E-state index contributed by atoms with van der Waals surface area (Å²) in [5.74, 6) is -1.29. The van der Waals surface area contributed by atoms with Gasteiger partial charge in [-0.15, -0.1) is 13.2 Å². The first-order chi connectivity index (χ1) is 17.3. The number of amides is 1. The Balaban J connectivity index is 1.53. The van der Waals surface area contributed by atoms with Crippen LogP contribution in [0.25, 0.3) is 22.4 Å². The summed E-state index contributed by atoms with van der Waals surface area (Å²) in [5, 5.41) is -0.361. The number of pyridine rings is 1. The normalized spacial score (nSPS) is 20.0. The van der Waals surface area contributed by atoms with E-state index in [4.69, 9.17) is 20.8 Å². The third-order valence-corrected chi connectivity index (χ3v) is 6.42. The number of hydrogen-bond acceptors (Lipinski definition) is 7. The number of alkyl halides is 3. The molecule has 0 N–H and O–H groups in total. The van der Waals surface area contributed by atoms with Crippen LogP contribution in [0.15, 0.2) is 28.8 Å². The first-order valence-electron chi connectivity index (χ1n) is 11.6. The Kier molecular flexibility index (Phi) is 6.12. The number of nitrogens with zero attached hydrogens (tertiary/aromatic N) is 4. The molecule has 13 heteroatoms. The molecule has 4 heterocycles. The fourth-order valence-corrected chi connectivity index (χ4v) is 5.00. The lowest BCUT2D eigenvalue weighted by Crippen LogP contribution is -2.56. The molecule has 3 aromatic rings. The van der Waals surface area contributed by atoms with Crippen LogP contribution >= 0.6 is 11.6 Å². The number of fused-ring (bicyclic) bond motifs is 3. The predicted octanol–water partition coefficient (Wildman–Crippen LogP) is 6.17. The van der Waals surface area contributed by atoms with Crippen molar-refractivity contribution in [2.45, 2.75) is 57.7 Å². The molecular weight excluding hydrogens is 520 g/mol. The third kappa shape index (κ3) is 5.11. The zero-order valence-corrected chi connectivity index (χ0v) is 20.9. The zero-order valence-electron chi connectivity index (χ0n) is 20.1. The van der Waals surface area contributed by atoms with Gasteiger partial charge < -0.3 is 18.8 Å². The highest BCUT2D eigenvalue weighted by Crippen LogP contribution is 2.44. The lowest BCUT2D eigenvalue weighted by Gasteiger charge is -2.40. The second-order valence-corrected chi connectivity index (χ2v) is 10.4. The third-order valence-electron chi connectivity index (χ3n) is 6.14. The first-order valence-corrected chi connectivity index (χ1v) is 11.9. The van der Waals surface area contributed by atoms with Gasteiger partial charge in [-0.25, -0.2) is 9.18 Å². The quantitative estimate of drug-likeness (QED) is 0.366. The van der Waals surface area contributed by atoms with Crippen LogP contribution in [0.1, 0.15) is 33.6 Å². The molecule has 2 atom stereocenters. The fraction of sp³-hybridized carbons (Fsp3) is 0.458. The number of hydrogen-bond donors (Lipinski definition) is 0. The summed E-state index contributed by atoms with van der Waals surface area (Å²) in [6, 6.07) is 3.41. The maximum Gasteiger partial charge on any atom is 0.573 e. The summed E-state index contributed by atoms with van der Waals surface area (Å²) in [6.07, 6.45) is -2.99. The topological polar surface area (TPSA) is 80.9 Å². The summed E-state index contributed by atoms with van der Waals surface area (Å²) >= 11 is 6.17. The van der Waals surface area contributed by atoms with E-state index in [1.807, 2.05) is 0 Å². The predicted molar refractivity (Wildman–Crippen MR) is 126 cm³/mol. The molecule has 0 aliphatic carbocycles. The van der Waals surface area contributed by atoms with E-state index in [1.54, 1.807) is 30.6 Å². The molecule has 2 saturated heterocycles. The highest BCUT2D eigenvalue weighted by molar-refractivity contribution is 6.33. The van der Waals surface area contributed by atoms with Crippen LogP contribution in [0.4, 0.5) is 28.4 Å². The van der Waals surface area contributed by atoms with Crippen molar-refractivity contribution < 1.29 is 36.2 Å². The number of piperazine rings is 1. The van der Waals surface area contributed by atoms with Gasteiger partial charge in [0.25, 0.3) is 6.01 Å². The number of aromatic nitrogens is 2. The first kappa shape index (κ1) is 25.4. The summed E-state index contributed by atoms with van der Waals surface area (Å²) in [6.45, 7) is 6.06. The SMILES string of the molecule is CC(C)(C)OC(=O)N1C2CCC1CN(c1nc3c(OC(F)(F)F)c(Cl)cc(-c4ccc(F)cn4)c3o1)C2. The maximum absolute atomic E-state index is 13.4. The average molecular weight is 543 g/mol. The number of anilines is 1. The number of carbonyl (C=O) groups is 1. The van der Waals surface area contributed by atoms with Crippen LogP contribution in [-0.2, 0) is 4.74 Å². The number of ether oxygens (including phenoxy) is 2. The van der Waals surface area contributed by atoms with Crippen molar-refractivity contribution in [1.82, 2.24) is 14.9 Å². The average Bonchev–Trinajstić information content (AvgIpc) is 3.34. The molecule has 37 heavy (non-hydrogen) atoms. The fourth-order valence-electron chi connectivity index (χ4n) is 4.76. The molecule has 2 bridgehead atoms. The highest BCUT2D eigenvalue weighted by Gasteiger charge is 2.45. The molecule has 198 valence electrons. The van der Waals surface area contributed by atoms with Crippen LogP contribution in [0.2, 0.25) is 5.02 Å². The van der Waals surface area contributed by atoms with E-state index in [1.165, 1.54) is 12.1 Å². The van der Waals surface area contributed by atoms with Crippen molar-refractivity contribution in [2.24, 2.45) is 0 Å². The molecule has 0 radical (unpaired) electrons. The number of carbonyl (C=O) groups excluding carboxylic acids is 1. The molecule has 2 aliphatic rings. The molecule has 2 aliphatic heterocycles. The van der Waals surface area contributed by atoms with Crippen LogP contribution in [0.5, 0.6) is 5.75 Å². The van der Waals surface area contributed by atoms with Gasteiger partial charge in [0.15, 0.2) is 16.8 Å². The van der Waals surface area contributed by atoms with Gasteiger partial charge in [0.05, 0.1) is 29.0 Å². The molecule has 1 amide bonds. The van der Waals surface area contributed by atoms with E-state index in [0.29, 0.717) is 13.1 Å². The number of oxazole rings is 1. The molecule has 8 nitrogen and oxygen atoms in total. The summed E-state index contributed by atoms with van der Waals surface area (Å²) < 4.78 is 68.7. The van der Waals surface area contributed by atoms with Gasteiger partial charge in [-0.1, -0.05) is 11.6 Å². The minimum absolute atomic E-state index is 0.0420. The van der Waals surface area contributed by atoms with Crippen molar-refractivity contribution >= 4 is 34.8 Å². The Hall–Kier alpha value is -3.28. The minimum atomic E-state index is -5.02. The van der Waals surface area contributed by atoms with Crippen LogP contribution in [0.3, 0.4) is 0 Å². The number of benzene rings is 1. The Bertz CT molecular complexity index is 1330. The van der Waals surface area contributed by atoms with E-state index in [0.717, 1.165) is 25.1 Å². The lowest BCUT2D eigenvalue weighted by atomic mass is 10.1. The smallest absolute Gasteiger partial charge is 0.444 e. The molecule has 1 aromatic carbocycles. The van der Waals surface area contributed by atoms with Crippen molar-refractivity contribution in [3.8, 4) is 17.0 Å². The summed E-state index contributed by atoms with van der Waals surface area (Å²) in [4.78, 5) is 24.6. The molecule has 0 spiro atoms. The van der Waals surface area contributed by atoms with E-state index < -0.39 is 29.6 Å². The van der Waals surface area contributed by atoms with Gasteiger partial charge in [0.2, 0.25) is 0 Å². The molecule has 0 saturated carbocycles. The van der Waals surface area contributed by atoms with E-state index in [9.17, 15) is 22.4 Å². The Morgan fingerprint density at radius 1 is 1.16 bits per heavy atom. The van der Waals surface area contributed by atoms with E-state index in [-0.39, 0.29) is 45.5 Å². The monoisotopic (exact) mass is 542 g/mol. The molecule has 2 fully saturated rings. The van der Waals surface area contributed by atoms with Gasteiger partial charge in [-0.2, -0.15) is 4.98 Å². The van der Waals surface area contributed by atoms with Crippen LogP contribution < -0.4 is 9.64 Å². The van der Waals surface area contributed by atoms with E-state index in [2.05, 4.69) is 14.7 Å². The lowest BCUT2D eigenvalue weighted by molar-refractivity contribution is -0.274. The summed E-state index contributed by atoms with van der Waals surface area (Å²) in [7, 11) is 0. The zero-order chi connectivity index (χ0) is 26.7. The molecule has 5 rings (SSSR count). The van der Waals surface area contributed by atoms with Crippen LogP contribution in [-0.4, -0.2) is 58.1 Å². The second kappa shape index (κ2) is 8.93. The molecular formula is C24H23ClF4N4O4. The van der Waals surface area contributed by atoms with Crippen molar-refractivity contribution in [3.05, 3.63) is 35.2 Å². The van der Waals surface area contributed by atoms with Crippen molar-refractivity contribution in [1.29, 1.82) is 0 Å². The Morgan fingerprint density at radius 3 is 2.41 bits per heavy atom. The molecule has 2 unspecified atom stereocenters. The van der Waals surface area contributed by atoms with Crippen molar-refractivity contribution in [3.63, 3.8) is 0 Å². The summed E-state index contributed by atoms with van der Waals surface area (Å²) in [5.41, 5.74) is -0.483. The standard InChI is InChI=1S/C24H23ClF4N4O4/c1-23(2,3)37-22(34)33-13-5-6-14(33)11-32(10-13)21-31-18-19(35-21)15(17-7-4-12(26)9-30-17)8-16(25)20(18)36-24(27,28)29/h4,7-9,13-14H,5-6,10-11H2,1-3H3. The number of rotatable bonds is 3. The van der Waals surface area contributed by atoms with Gasteiger partial charge in [-0.05, 0) is 51.8 Å². The van der Waals surface area contributed by atoms with Gasteiger partial charge >= 0.3 is 12.5 Å². The van der Waals surface area contributed by atoms with E-state index >= 15 is 0 Å². The highest BCUT2D eigenvalue weighted by atomic mass is 35.5. The maximum atomic E-state index is 13.4. The van der Waals surface area contributed by atoms with Gasteiger partial charge in [0.1, 0.15) is 11.4 Å². The van der Waals surface area contributed by atoms with Crippen molar-refractivity contribution in [2.75, 3.05) is 18.0 Å². The van der Waals surface area contributed by atoms with Gasteiger partial charge in [0, 0.05) is 18.7 Å². The Labute approximate surface area is 214 Å². The number of halogens is 5. The molecule has 2 aromatic heterocycles. The Morgan fingerprint density at radius 2 is 1.84 bits per heavy atom. The van der Waals surface area contributed by atoms with Gasteiger partial charge in [-0.3, -0.25) is 9.88 Å². The van der Waals surface area contributed by atoms with Crippen LogP contribution in [0, 0.1) is 5.82 Å². The second-order valence-electron chi connectivity index (χ2n) is 10.00.